The molecule has 0 bridgehead atoms. The largest absolute Gasteiger partial charge is 0.496 e. The number of carboxylic acid groups (broad SMARTS) is 1. The van der Waals surface area contributed by atoms with Crippen LogP contribution in [0.1, 0.15) is 24.8 Å². The van der Waals surface area contributed by atoms with Crippen LogP contribution < -0.4 is 4.74 Å². The van der Waals surface area contributed by atoms with Crippen LogP contribution >= 0.6 is 0 Å². The summed E-state index contributed by atoms with van der Waals surface area (Å²) in [6.07, 6.45) is 3.66. The van der Waals surface area contributed by atoms with E-state index in [1.807, 2.05) is 18.2 Å². The quantitative estimate of drug-likeness (QED) is 0.854. The Morgan fingerprint density at radius 1 is 1.47 bits per heavy atom. The molecule has 4 nitrogen and oxygen atoms in total. The van der Waals surface area contributed by atoms with Crippen LogP contribution in [-0.2, 0) is 11.2 Å². The minimum Gasteiger partial charge on any atom is -0.496 e. The molecule has 1 aliphatic rings. The van der Waals surface area contributed by atoms with Gasteiger partial charge in [-0.3, -0.25) is 9.69 Å². The van der Waals surface area contributed by atoms with E-state index in [0.29, 0.717) is 0 Å². The Kier molecular flexibility index (Phi) is 4.80. The molecule has 1 aliphatic heterocycles. The first-order valence-corrected chi connectivity index (χ1v) is 6.81. The molecule has 19 heavy (non-hydrogen) atoms. The van der Waals surface area contributed by atoms with Crippen molar-refractivity contribution < 1.29 is 14.6 Å². The molecule has 1 aromatic carbocycles. The molecule has 4 heteroatoms. The monoisotopic (exact) mass is 263 g/mol. The van der Waals surface area contributed by atoms with Crippen molar-refractivity contribution in [3.8, 4) is 5.75 Å². The zero-order valence-electron chi connectivity index (χ0n) is 11.3. The van der Waals surface area contributed by atoms with E-state index in [2.05, 4.69) is 11.0 Å². The molecule has 0 radical (unpaired) electrons. The summed E-state index contributed by atoms with van der Waals surface area (Å²) in [5, 5.41) is 9.12. The van der Waals surface area contributed by atoms with Crippen molar-refractivity contribution >= 4 is 5.97 Å². The lowest BCUT2D eigenvalue weighted by Gasteiger charge is -2.20. The Balaban J connectivity index is 1.85. The number of aryl methyl sites for hydroxylation is 1. The number of methoxy groups -OCH3 is 1. The Labute approximate surface area is 114 Å². The van der Waals surface area contributed by atoms with Gasteiger partial charge in [0.2, 0.25) is 0 Å². The highest BCUT2D eigenvalue weighted by Crippen LogP contribution is 2.21. The summed E-state index contributed by atoms with van der Waals surface area (Å²) in [7, 11) is 1.68. The predicted octanol–water partition coefficient (Wildman–Crippen LogP) is 2.18. The number of hydrogen-bond donors (Lipinski definition) is 1. The number of ether oxygens (including phenoxy) is 1. The number of likely N-dealkylation sites (tertiary alicyclic amines) is 1. The molecule has 1 saturated heterocycles. The van der Waals surface area contributed by atoms with Crippen LogP contribution in [0.15, 0.2) is 24.3 Å². The number of carboxylic acids is 1. The number of aliphatic carboxylic acids is 1. The lowest BCUT2D eigenvalue weighted by atomic mass is 10.1. The normalized spacial score (nSPS) is 19.5. The van der Waals surface area contributed by atoms with E-state index in [9.17, 15) is 4.79 Å². The van der Waals surface area contributed by atoms with Crippen molar-refractivity contribution in [1.82, 2.24) is 4.90 Å². The van der Waals surface area contributed by atoms with E-state index >= 15 is 0 Å². The highest BCUT2D eigenvalue weighted by Gasteiger charge is 2.29. The van der Waals surface area contributed by atoms with Gasteiger partial charge in [-0.1, -0.05) is 18.2 Å². The standard InChI is InChI=1S/C15H21NO3/c1-19-14-9-3-2-6-12(14)7-4-10-16-11-5-8-13(16)15(17)18/h2-3,6,9,13H,4-5,7-8,10-11H2,1H3,(H,17,18). The third kappa shape index (κ3) is 3.47. The molecule has 0 aromatic heterocycles. The summed E-state index contributed by atoms with van der Waals surface area (Å²) < 4.78 is 5.32. The van der Waals surface area contributed by atoms with Crippen molar-refractivity contribution in [3.63, 3.8) is 0 Å². The predicted molar refractivity (Wildman–Crippen MR) is 73.5 cm³/mol. The van der Waals surface area contributed by atoms with Crippen molar-refractivity contribution in [2.24, 2.45) is 0 Å². The maximum Gasteiger partial charge on any atom is 0.320 e. The van der Waals surface area contributed by atoms with Gasteiger partial charge in [0.15, 0.2) is 0 Å². The molecule has 1 aromatic rings. The van der Waals surface area contributed by atoms with Crippen molar-refractivity contribution in [1.29, 1.82) is 0 Å². The Bertz CT molecular complexity index is 433. The first-order valence-electron chi connectivity index (χ1n) is 6.81. The van der Waals surface area contributed by atoms with E-state index in [4.69, 9.17) is 9.84 Å². The maximum atomic E-state index is 11.1. The molecule has 0 aliphatic carbocycles. The van der Waals surface area contributed by atoms with Crippen LogP contribution in [0.25, 0.3) is 0 Å². The smallest absolute Gasteiger partial charge is 0.320 e. The highest BCUT2D eigenvalue weighted by molar-refractivity contribution is 5.73. The van der Waals surface area contributed by atoms with Gasteiger partial charge >= 0.3 is 5.97 Å². The van der Waals surface area contributed by atoms with Gasteiger partial charge in [-0.05, 0) is 50.4 Å². The van der Waals surface area contributed by atoms with Crippen molar-refractivity contribution in [2.45, 2.75) is 31.7 Å². The van der Waals surface area contributed by atoms with Gasteiger partial charge in [-0.2, -0.15) is 0 Å². The molecule has 1 N–H and O–H groups in total. The molecule has 2 rings (SSSR count). The third-order valence-electron chi connectivity index (χ3n) is 3.73. The summed E-state index contributed by atoms with van der Waals surface area (Å²) in [5.41, 5.74) is 1.19. The van der Waals surface area contributed by atoms with E-state index in [1.165, 1.54) is 5.56 Å². The number of nitrogens with zero attached hydrogens (tertiary/aromatic N) is 1. The minimum absolute atomic E-state index is 0.280. The number of para-hydroxylation sites is 1. The fourth-order valence-corrected chi connectivity index (χ4v) is 2.76. The Morgan fingerprint density at radius 3 is 3.00 bits per heavy atom. The zero-order chi connectivity index (χ0) is 13.7. The molecular formula is C15H21NO3. The van der Waals surface area contributed by atoms with Gasteiger partial charge in [0, 0.05) is 0 Å². The molecule has 1 unspecified atom stereocenters. The van der Waals surface area contributed by atoms with Crippen LogP contribution in [0.3, 0.4) is 0 Å². The first kappa shape index (κ1) is 13.9. The number of hydrogen-bond acceptors (Lipinski definition) is 3. The van der Waals surface area contributed by atoms with Gasteiger partial charge in [-0.15, -0.1) is 0 Å². The van der Waals surface area contributed by atoms with Gasteiger partial charge < -0.3 is 9.84 Å². The molecule has 104 valence electrons. The van der Waals surface area contributed by atoms with Crippen LogP contribution in [0, 0.1) is 0 Å². The van der Waals surface area contributed by atoms with Gasteiger partial charge in [0.1, 0.15) is 11.8 Å². The van der Waals surface area contributed by atoms with Crippen molar-refractivity contribution in [2.75, 3.05) is 20.2 Å². The van der Waals surface area contributed by atoms with Crippen LogP contribution in [0.4, 0.5) is 0 Å². The molecule has 1 fully saturated rings. The fraction of sp³-hybridized carbons (Fsp3) is 0.533. The van der Waals surface area contributed by atoms with Crippen LogP contribution in [0.5, 0.6) is 5.75 Å². The molecule has 0 amide bonds. The molecule has 1 atom stereocenters. The lowest BCUT2D eigenvalue weighted by molar-refractivity contribution is -0.142. The summed E-state index contributed by atoms with van der Waals surface area (Å²) >= 11 is 0. The average Bonchev–Trinajstić information content (AvgIpc) is 2.88. The highest BCUT2D eigenvalue weighted by atomic mass is 16.5. The summed E-state index contributed by atoms with van der Waals surface area (Å²) in [6, 6.07) is 7.72. The fourth-order valence-electron chi connectivity index (χ4n) is 2.76. The maximum absolute atomic E-state index is 11.1. The van der Waals surface area contributed by atoms with Gasteiger partial charge in [0.05, 0.1) is 7.11 Å². The van der Waals surface area contributed by atoms with Gasteiger partial charge in [0.25, 0.3) is 0 Å². The first-order chi connectivity index (χ1) is 9.22. The second kappa shape index (κ2) is 6.57. The van der Waals surface area contributed by atoms with Crippen LogP contribution in [-0.4, -0.2) is 42.2 Å². The summed E-state index contributed by atoms with van der Waals surface area (Å²) in [4.78, 5) is 13.2. The number of rotatable bonds is 6. The van der Waals surface area contributed by atoms with Gasteiger partial charge in [-0.25, -0.2) is 0 Å². The topological polar surface area (TPSA) is 49.8 Å². The van der Waals surface area contributed by atoms with Crippen LogP contribution in [0.2, 0.25) is 0 Å². The van der Waals surface area contributed by atoms with E-state index in [1.54, 1.807) is 7.11 Å². The molecular weight excluding hydrogens is 242 g/mol. The Hall–Kier alpha value is -1.55. The Morgan fingerprint density at radius 2 is 2.26 bits per heavy atom. The van der Waals surface area contributed by atoms with E-state index in [0.717, 1.165) is 44.5 Å². The molecule has 1 heterocycles. The lowest BCUT2D eigenvalue weighted by Crippen LogP contribution is -2.36. The zero-order valence-corrected chi connectivity index (χ0v) is 11.3. The average molecular weight is 263 g/mol. The third-order valence-corrected chi connectivity index (χ3v) is 3.73. The molecule has 0 spiro atoms. The summed E-state index contributed by atoms with van der Waals surface area (Å²) in [6.45, 7) is 1.75. The second-order valence-corrected chi connectivity index (χ2v) is 4.95. The number of carbonyl (C=O) groups is 1. The van der Waals surface area contributed by atoms with Crippen molar-refractivity contribution in [3.05, 3.63) is 29.8 Å². The second-order valence-electron chi connectivity index (χ2n) is 4.95. The minimum atomic E-state index is -0.685. The summed E-state index contributed by atoms with van der Waals surface area (Å²) in [5.74, 6) is 0.230. The number of benzene rings is 1. The molecule has 0 saturated carbocycles. The van der Waals surface area contributed by atoms with E-state index in [-0.39, 0.29) is 6.04 Å². The van der Waals surface area contributed by atoms with E-state index < -0.39 is 5.97 Å². The SMILES string of the molecule is COc1ccccc1CCCN1CCCC1C(=O)O.